The summed E-state index contributed by atoms with van der Waals surface area (Å²) in [5.41, 5.74) is 11.8. The Labute approximate surface area is 241 Å². The Kier molecular flexibility index (Phi) is 10.4. The van der Waals surface area contributed by atoms with E-state index in [0.717, 1.165) is 37.9 Å². The summed E-state index contributed by atoms with van der Waals surface area (Å²) in [6.07, 6.45) is 2.91. The first-order valence-corrected chi connectivity index (χ1v) is 14.2. The number of hydrogen-bond acceptors (Lipinski definition) is 6. The second-order valence-corrected chi connectivity index (χ2v) is 10.6. The van der Waals surface area contributed by atoms with Crippen LogP contribution in [0.4, 0.5) is 15.3 Å². The van der Waals surface area contributed by atoms with Crippen LogP contribution in [0.5, 0.6) is 0 Å². The van der Waals surface area contributed by atoms with E-state index in [-0.39, 0.29) is 24.3 Å². The number of nitrogens with two attached hydrogens (primary N) is 1. The van der Waals surface area contributed by atoms with Crippen molar-refractivity contribution in [3.8, 4) is 0 Å². The monoisotopic (exact) mass is 563 g/mol. The topological polar surface area (TPSA) is 128 Å². The number of benzene rings is 2. The first-order chi connectivity index (χ1) is 19.8. The van der Waals surface area contributed by atoms with Gasteiger partial charge in [-0.15, -0.1) is 0 Å². The van der Waals surface area contributed by atoms with Crippen LogP contribution >= 0.6 is 0 Å². The van der Waals surface area contributed by atoms with Crippen molar-refractivity contribution in [3.63, 3.8) is 0 Å². The van der Waals surface area contributed by atoms with Crippen LogP contribution in [0.25, 0.3) is 10.9 Å². The number of alkyl carbamates (subject to hydrolysis) is 1. The lowest BCUT2D eigenvalue weighted by atomic mass is 9.91. The number of carbonyl (C=O) groups is 3. The summed E-state index contributed by atoms with van der Waals surface area (Å²) in [7, 11) is 2.92. The van der Waals surface area contributed by atoms with E-state index >= 15 is 0 Å². The number of para-hydroxylation sites is 1. The number of amides is 4. The van der Waals surface area contributed by atoms with Gasteiger partial charge in [-0.05, 0) is 61.9 Å². The molecule has 2 heterocycles. The number of aryl methyl sites for hydroxylation is 2. The number of methoxy groups -OCH3 is 2. The van der Waals surface area contributed by atoms with Gasteiger partial charge in [-0.3, -0.25) is 4.79 Å². The van der Waals surface area contributed by atoms with Gasteiger partial charge in [-0.25, -0.2) is 14.9 Å². The predicted molar refractivity (Wildman–Crippen MR) is 159 cm³/mol. The Hall–Kier alpha value is -3.89. The van der Waals surface area contributed by atoms with Gasteiger partial charge in [0, 0.05) is 74.0 Å². The van der Waals surface area contributed by atoms with Gasteiger partial charge in [0.05, 0.1) is 7.11 Å². The van der Waals surface area contributed by atoms with E-state index in [9.17, 15) is 14.4 Å². The van der Waals surface area contributed by atoms with Gasteiger partial charge in [-0.2, -0.15) is 0 Å². The number of piperidine rings is 1. The lowest BCUT2D eigenvalue weighted by Gasteiger charge is -2.34. The van der Waals surface area contributed by atoms with Crippen LogP contribution in [0.15, 0.2) is 48.5 Å². The Morgan fingerprint density at radius 2 is 1.85 bits per heavy atom. The predicted octanol–water partition coefficient (Wildman–Crippen LogP) is 4.54. The standard InChI is InChI=1S/C31H41N5O5/c1-21-26-9-4-5-10-27(26)36(16-7-17-40-2)29(21)23-8-6-15-35(20-23)28(37)19-24(32)18-22-11-13-25(14-12-22)33-30(38)34-31(39)41-3/h4-5,9-14,23-24H,6-8,15-20,32H2,1-3H3,(H2,33,34,38,39)/t23?,24-/m1/s1. The zero-order valence-electron chi connectivity index (χ0n) is 24.2. The molecular formula is C31H41N5O5. The van der Waals surface area contributed by atoms with Crippen molar-refractivity contribution in [2.45, 2.75) is 57.5 Å². The van der Waals surface area contributed by atoms with Crippen molar-refractivity contribution in [2.75, 3.05) is 39.2 Å². The molecule has 3 aromatic rings. The van der Waals surface area contributed by atoms with Crippen molar-refractivity contribution in [3.05, 3.63) is 65.4 Å². The number of aromatic nitrogens is 1. The van der Waals surface area contributed by atoms with Crippen molar-refractivity contribution < 1.29 is 23.9 Å². The molecular weight excluding hydrogens is 522 g/mol. The molecule has 1 aromatic heterocycles. The SMILES string of the molecule is COCCCn1c(C2CCCN(C(=O)C[C@H](N)Cc3ccc(NC(=O)NC(=O)OC)cc3)C2)c(C)c2ccccc21. The largest absolute Gasteiger partial charge is 0.453 e. The third-order valence-corrected chi connectivity index (χ3v) is 7.71. The van der Waals surface area contributed by atoms with E-state index in [1.165, 1.54) is 29.3 Å². The molecule has 4 N–H and O–H groups in total. The highest BCUT2D eigenvalue weighted by Gasteiger charge is 2.29. The number of anilines is 1. The van der Waals surface area contributed by atoms with Crippen LogP contribution in [-0.4, -0.2) is 67.5 Å². The Morgan fingerprint density at radius 3 is 2.59 bits per heavy atom. The van der Waals surface area contributed by atoms with Crippen molar-refractivity contribution in [1.29, 1.82) is 0 Å². The quantitative estimate of drug-likeness (QED) is 0.311. The highest BCUT2D eigenvalue weighted by Crippen LogP contribution is 2.36. The van der Waals surface area contributed by atoms with Gasteiger partial charge in [0.25, 0.3) is 0 Å². The second-order valence-electron chi connectivity index (χ2n) is 10.6. The molecule has 0 radical (unpaired) electrons. The molecule has 1 fully saturated rings. The molecule has 0 bridgehead atoms. The number of nitrogens with one attached hydrogen (secondary N) is 2. The third-order valence-electron chi connectivity index (χ3n) is 7.71. The summed E-state index contributed by atoms with van der Waals surface area (Å²) in [4.78, 5) is 38.3. The fraction of sp³-hybridized carbons (Fsp3) is 0.452. The van der Waals surface area contributed by atoms with Gasteiger partial charge < -0.3 is 30.0 Å². The maximum absolute atomic E-state index is 13.3. The minimum Gasteiger partial charge on any atom is -0.453 e. The fourth-order valence-electron chi connectivity index (χ4n) is 5.82. The van der Waals surface area contributed by atoms with Gasteiger partial charge in [-0.1, -0.05) is 30.3 Å². The van der Waals surface area contributed by atoms with Crippen LogP contribution in [0.2, 0.25) is 0 Å². The van der Waals surface area contributed by atoms with Crippen molar-refractivity contribution >= 4 is 34.6 Å². The van der Waals surface area contributed by atoms with E-state index in [1.807, 2.05) is 22.3 Å². The van der Waals surface area contributed by atoms with Crippen LogP contribution in [0, 0.1) is 6.92 Å². The summed E-state index contributed by atoms with van der Waals surface area (Å²) in [5.74, 6) is 0.356. The van der Waals surface area contributed by atoms with Crippen LogP contribution in [0.3, 0.4) is 0 Å². The number of likely N-dealkylation sites (tertiary alicyclic amines) is 1. The van der Waals surface area contributed by atoms with E-state index in [1.54, 1.807) is 19.2 Å². The van der Waals surface area contributed by atoms with Crippen molar-refractivity contribution in [2.24, 2.45) is 5.73 Å². The summed E-state index contributed by atoms with van der Waals surface area (Å²) in [5, 5.41) is 5.87. The zero-order chi connectivity index (χ0) is 29.4. The molecule has 0 saturated carbocycles. The van der Waals surface area contributed by atoms with Gasteiger partial charge >= 0.3 is 12.1 Å². The molecule has 0 spiro atoms. The van der Waals surface area contributed by atoms with Gasteiger partial charge in [0.2, 0.25) is 5.91 Å². The van der Waals surface area contributed by atoms with E-state index in [0.29, 0.717) is 25.3 Å². The molecule has 1 aliphatic rings. The zero-order valence-corrected chi connectivity index (χ0v) is 24.2. The number of fused-ring (bicyclic) bond motifs is 1. The minimum atomic E-state index is -0.839. The first kappa shape index (κ1) is 30.1. The van der Waals surface area contributed by atoms with E-state index < -0.39 is 12.1 Å². The molecule has 41 heavy (non-hydrogen) atoms. The lowest BCUT2D eigenvalue weighted by molar-refractivity contribution is -0.132. The molecule has 0 aliphatic carbocycles. The smallest absolute Gasteiger partial charge is 0.415 e. The summed E-state index contributed by atoms with van der Waals surface area (Å²) < 4.78 is 12.2. The molecule has 1 aliphatic heterocycles. The fourth-order valence-corrected chi connectivity index (χ4v) is 5.82. The average Bonchev–Trinajstić information content (AvgIpc) is 3.25. The lowest BCUT2D eigenvalue weighted by Crippen LogP contribution is -2.42. The summed E-state index contributed by atoms with van der Waals surface area (Å²) in [6, 6.07) is 14.7. The highest BCUT2D eigenvalue weighted by atomic mass is 16.5. The summed E-state index contributed by atoms with van der Waals surface area (Å²) >= 11 is 0. The van der Waals surface area contributed by atoms with Crippen LogP contribution < -0.4 is 16.4 Å². The molecule has 10 heteroatoms. The number of ether oxygens (including phenoxy) is 2. The van der Waals surface area contributed by atoms with Gasteiger partial charge in [0.15, 0.2) is 0 Å². The molecule has 220 valence electrons. The van der Waals surface area contributed by atoms with Crippen molar-refractivity contribution in [1.82, 2.24) is 14.8 Å². The number of rotatable bonds is 10. The number of carbonyl (C=O) groups excluding carboxylic acids is 3. The number of hydrogen-bond donors (Lipinski definition) is 3. The molecule has 4 rings (SSSR count). The Bertz CT molecular complexity index is 1350. The van der Waals surface area contributed by atoms with E-state index in [4.69, 9.17) is 10.5 Å². The number of urea groups is 1. The molecule has 4 amide bonds. The molecule has 2 aromatic carbocycles. The molecule has 10 nitrogen and oxygen atoms in total. The average molecular weight is 564 g/mol. The van der Waals surface area contributed by atoms with Gasteiger partial charge in [0.1, 0.15) is 0 Å². The third kappa shape index (κ3) is 7.65. The molecule has 1 saturated heterocycles. The summed E-state index contributed by atoms with van der Waals surface area (Å²) in [6.45, 7) is 5.24. The van der Waals surface area contributed by atoms with Crippen LogP contribution in [0.1, 0.15) is 48.4 Å². The molecule has 1 unspecified atom stereocenters. The number of nitrogens with zero attached hydrogens (tertiary/aromatic N) is 2. The Balaban J connectivity index is 1.36. The highest BCUT2D eigenvalue weighted by molar-refractivity contribution is 5.98. The van der Waals surface area contributed by atoms with E-state index in [2.05, 4.69) is 45.8 Å². The normalized spacial score (nSPS) is 15.9. The number of imide groups is 1. The first-order valence-electron chi connectivity index (χ1n) is 14.2. The molecule has 2 atom stereocenters. The maximum Gasteiger partial charge on any atom is 0.415 e. The Morgan fingerprint density at radius 1 is 1.10 bits per heavy atom. The van der Waals surface area contributed by atoms with Crippen LogP contribution in [-0.2, 0) is 27.2 Å². The minimum absolute atomic E-state index is 0.0830. The maximum atomic E-state index is 13.3. The second kappa shape index (κ2) is 14.1.